The number of primary amides is 3. The monoisotopic (exact) mass is 417 g/mol. The van der Waals surface area contributed by atoms with E-state index in [0.717, 1.165) is 17.3 Å². The molecule has 2 saturated carbocycles. The molecule has 0 aliphatic heterocycles. The van der Waals surface area contributed by atoms with Crippen LogP contribution in [-0.4, -0.2) is 17.7 Å². The van der Waals surface area contributed by atoms with Crippen molar-refractivity contribution in [3.8, 4) is 0 Å². The number of hydrogen-bond donors (Lipinski definition) is 3. The van der Waals surface area contributed by atoms with Crippen molar-refractivity contribution < 1.29 is 14.4 Å². The first kappa shape index (κ1) is 17.3. The van der Waals surface area contributed by atoms with Crippen molar-refractivity contribution in [3.63, 3.8) is 0 Å². The lowest BCUT2D eigenvalue weighted by atomic mass is 9.52. The van der Waals surface area contributed by atoms with E-state index < -0.39 is 28.6 Å². The van der Waals surface area contributed by atoms with E-state index in [1.807, 2.05) is 12.2 Å². The van der Waals surface area contributed by atoms with Crippen LogP contribution in [-0.2, 0) is 19.8 Å². The average molecular weight is 418 g/mol. The molecule has 0 heterocycles. The Bertz CT molecular complexity index is 861. The van der Waals surface area contributed by atoms with Crippen molar-refractivity contribution in [3.05, 3.63) is 46.5 Å². The van der Waals surface area contributed by atoms with E-state index >= 15 is 0 Å². The number of benzene rings is 1. The fraction of sp³-hybridized carbons (Fsp3) is 0.421. The van der Waals surface area contributed by atoms with E-state index in [-0.39, 0.29) is 23.7 Å². The number of carbonyl (C=O) groups excluding carboxylic acids is 3. The molecule has 1 spiro atoms. The molecule has 4 atom stereocenters. The summed E-state index contributed by atoms with van der Waals surface area (Å²) < 4.78 is 0.834. The lowest BCUT2D eigenvalue weighted by Gasteiger charge is -2.47. The minimum Gasteiger partial charge on any atom is -0.370 e. The van der Waals surface area contributed by atoms with Gasteiger partial charge in [0.15, 0.2) is 0 Å². The van der Waals surface area contributed by atoms with E-state index in [4.69, 9.17) is 17.2 Å². The Kier molecular flexibility index (Phi) is 3.45. The summed E-state index contributed by atoms with van der Waals surface area (Å²) in [4.78, 5) is 37.9. The highest BCUT2D eigenvalue weighted by atomic mass is 79.9. The van der Waals surface area contributed by atoms with Gasteiger partial charge in [-0.05, 0) is 41.9 Å². The second-order valence-electron chi connectivity index (χ2n) is 7.73. The molecule has 2 fully saturated rings. The van der Waals surface area contributed by atoms with Gasteiger partial charge >= 0.3 is 0 Å². The first-order chi connectivity index (χ1) is 12.2. The van der Waals surface area contributed by atoms with Crippen molar-refractivity contribution in [2.75, 3.05) is 0 Å². The van der Waals surface area contributed by atoms with E-state index in [1.165, 1.54) is 0 Å². The maximum Gasteiger partial charge on any atom is 0.229 e. The van der Waals surface area contributed by atoms with Gasteiger partial charge in [-0.25, -0.2) is 0 Å². The van der Waals surface area contributed by atoms with Gasteiger partial charge in [-0.3, -0.25) is 14.4 Å². The molecule has 2 bridgehead atoms. The number of allylic oxidation sites excluding steroid dienone is 2. The van der Waals surface area contributed by atoms with Crippen molar-refractivity contribution in [1.29, 1.82) is 0 Å². The molecule has 1 aromatic carbocycles. The maximum atomic E-state index is 13.0. The van der Waals surface area contributed by atoms with Gasteiger partial charge in [0.2, 0.25) is 17.7 Å². The minimum absolute atomic E-state index is 0.243. The molecule has 0 saturated heterocycles. The third-order valence-electron chi connectivity index (χ3n) is 6.84. The summed E-state index contributed by atoms with van der Waals surface area (Å²) >= 11 is 3.39. The molecule has 3 aliphatic carbocycles. The van der Waals surface area contributed by atoms with Crippen LogP contribution in [0.25, 0.3) is 0 Å². The Balaban J connectivity index is 2.08. The van der Waals surface area contributed by atoms with Gasteiger partial charge in [-0.1, -0.05) is 40.2 Å². The predicted octanol–water partition coefficient (Wildman–Crippen LogP) is 1.12. The van der Waals surface area contributed by atoms with Crippen molar-refractivity contribution in [2.24, 2.45) is 39.9 Å². The Morgan fingerprint density at radius 1 is 0.962 bits per heavy atom. The number of rotatable bonds is 5. The number of amides is 3. The third kappa shape index (κ3) is 1.74. The van der Waals surface area contributed by atoms with Crippen LogP contribution in [0.5, 0.6) is 0 Å². The van der Waals surface area contributed by atoms with Crippen LogP contribution in [0, 0.1) is 22.7 Å². The molecule has 7 heteroatoms. The summed E-state index contributed by atoms with van der Waals surface area (Å²) in [7, 11) is 0. The topological polar surface area (TPSA) is 129 Å². The summed E-state index contributed by atoms with van der Waals surface area (Å²) in [5, 5.41) is 0. The summed E-state index contributed by atoms with van der Waals surface area (Å²) in [6.45, 7) is 0. The molecular formula is C19H20BrN3O3. The quantitative estimate of drug-likeness (QED) is 0.620. The fourth-order valence-corrected chi connectivity index (χ4v) is 6.21. The molecule has 0 unspecified atom stereocenters. The Morgan fingerprint density at radius 2 is 1.54 bits per heavy atom. The second kappa shape index (κ2) is 5.19. The van der Waals surface area contributed by atoms with Crippen molar-refractivity contribution in [1.82, 2.24) is 0 Å². The standard InChI is InChI=1S/C19H20BrN3O3/c20-11-3-1-10(2-4-11)19(16(23)26)13-6-5-12(17(13)7-8-17)18(19,15(22)25)9-14(21)24/h1-6,12-13H,7-9H2,(H2,21,24)(H2,22,25)(H2,23,26)/t12-,13+,18+,19-/m1/s1. The fourth-order valence-electron chi connectivity index (χ4n) is 5.94. The molecule has 3 aliphatic rings. The number of halogens is 1. The van der Waals surface area contributed by atoms with Crippen LogP contribution in [0.4, 0.5) is 0 Å². The summed E-state index contributed by atoms with van der Waals surface area (Å²) in [6.07, 6.45) is 5.36. The maximum absolute atomic E-state index is 13.0. The van der Waals surface area contributed by atoms with Gasteiger partial charge < -0.3 is 17.2 Å². The third-order valence-corrected chi connectivity index (χ3v) is 7.37. The summed E-state index contributed by atoms with van der Waals surface area (Å²) in [6, 6.07) is 7.15. The SMILES string of the molecule is NC(=O)C[C@@]1(C(N)=O)[C@@H]2C=C[C@@H](C23CC3)[C@@]1(C(N)=O)c1ccc(Br)cc1. The molecule has 6 N–H and O–H groups in total. The molecule has 6 nitrogen and oxygen atoms in total. The zero-order valence-corrected chi connectivity index (χ0v) is 15.7. The van der Waals surface area contributed by atoms with Crippen LogP contribution in [0.2, 0.25) is 0 Å². The van der Waals surface area contributed by atoms with Gasteiger partial charge in [0, 0.05) is 16.8 Å². The molecule has 0 radical (unpaired) electrons. The van der Waals surface area contributed by atoms with Crippen LogP contribution in [0.15, 0.2) is 40.9 Å². The highest BCUT2D eigenvalue weighted by Gasteiger charge is 2.83. The zero-order valence-electron chi connectivity index (χ0n) is 14.1. The smallest absolute Gasteiger partial charge is 0.229 e. The predicted molar refractivity (Wildman–Crippen MR) is 98.2 cm³/mol. The van der Waals surface area contributed by atoms with Crippen molar-refractivity contribution >= 4 is 33.7 Å². The largest absolute Gasteiger partial charge is 0.370 e. The molecule has 1 aromatic rings. The van der Waals surface area contributed by atoms with Gasteiger partial charge in [0.25, 0.3) is 0 Å². The summed E-state index contributed by atoms with van der Waals surface area (Å²) in [5.74, 6) is -2.58. The van der Waals surface area contributed by atoms with E-state index in [9.17, 15) is 14.4 Å². The lowest BCUT2D eigenvalue weighted by molar-refractivity contribution is -0.146. The second-order valence-corrected chi connectivity index (χ2v) is 8.65. The number of hydrogen-bond acceptors (Lipinski definition) is 3. The molecule has 4 rings (SSSR count). The van der Waals surface area contributed by atoms with E-state index in [2.05, 4.69) is 15.9 Å². The lowest BCUT2D eigenvalue weighted by Crippen LogP contribution is -2.63. The first-order valence-corrected chi connectivity index (χ1v) is 9.35. The van der Waals surface area contributed by atoms with Crippen LogP contribution < -0.4 is 17.2 Å². The zero-order chi connectivity index (χ0) is 18.9. The van der Waals surface area contributed by atoms with E-state index in [0.29, 0.717) is 5.56 Å². The Labute approximate surface area is 159 Å². The van der Waals surface area contributed by atoms with Gasteiger partial charge in [0.1, 0.15) is 0 Å². The molecular weight excluding hydrogens is 398 g/mol. The Morgan fingerprint density at radius 3 is 2.00 bits per heavy atom. The highest BCUT2D eigenvalue weighted by molar-refractivity contribution is 9.10. The number of carbonyl (C=O) groups is 3. The van der Waals surface area contributed by atoms with E-state index in [1.54, 1.807) is 24.3 Å². The normalized spacial score (nSPS) is 35.6. The minimum atomic E-state index is -1.45. The number of nitrogens with two attached hydrogens (primary N) is 3. The molecule has 3 amide bonds. The van der Waals surface area contributed by atoms with Crippen LogP contribution in [0.1, 0.15) is 24.8 Å². The van der Waals surface area contributed by atoms with Crippen LogP contribution >= 0.6 is 15.9 Å². The van der Waals surface area contributed by atoms with Crippen LogP contribution in [0.3, 0.4) is 0 Å². The molecule has 136 valence electrons. The summed E-state index contributed by atoms with van der Waals surface area (Å²) in [5.41, 5.74) is 14.9. The average Bonchev–Trinajstić information content (AvgIpc) is 3.22. The van der Waals surface area contributed by atoms with Gasteiger partial charge in [-0.15, -0.1) is 0 Å². The molecule has 0 aromatic heterocycles. The van der Waals surface area contributed by atoms with Gasteiger partial charge in [0.05, 0.1) is 10.8 Å². The Hall–Kier alpha value is -2.15. The van der Waals surface area contributed by atoms with Crippen molar-refractivity contribution in [2.45, 2.75) is 24.7 Å². The van der Waals surface area contributed by atoms with Gasteiger partial charge in [-0.2, -0.15) is 0 Å². The first-order valence-electron chi connectivity index (χ1n) is 8.56. The molecule has 26 heavy (non-hydrogen) atoms. The highest BCUT2D eigenvalue weighted by Crippen LogP contribution is 2.80.